The Morgan fingerprint density at radius 2 is 2.07 bits per heavy atom. The quantitative estimate of drug-likeness (QED) is 0.663. The summed E-state index contributed by atoms with van der Waals surface area (Å²) in [5, 5.41) is 17.4. The van der Waals surface area contributed by atoms with E-state index in [0.717, 1.165) is 0 Å². The fourth-order valence-electron chi connectivity index (χ4n) is 0.932. The largest absolute Gasteiger partial charge is 0.503 e. The number of aromatic carboxylic acids is 1. The minimum Gasteiger partial charge on any atom is -0.503 e. The van der Waals surface area contributed by atoms with Gasteiger partial charge in [0.1, 0.15) is 0 Å². The summed E-state index contributed by atoms with van der Waals surface area (Å²) in [5.74, 6) is -2.91. The third-order valence-corrected chi connectivity index (χ3v) is 1.56. The number of nitrogens with one attached hydrogen (secondary N) is 1. The Morgan fingerprint density at radius 3 is 2.50 bits per heavy atom. The first-order valence-corrected chi connectivity index (χ1v) is 3.41. The maximum Gasteiger partial charge on any atom is 0.337 e. The molecule has 1 rings (SSSR count). The molecule has 5 nitrogen and oxygen atoms in total. The molecule has 0 aliphatic heterocycles. The van der Waals surface area contributed by atoms with Gasteiger partial charge < -0.3 is 15.2 Å². The molecule has 7 heteroatoms. The van der Waals surface area contributed by atoms with Crippen molar-refractivity contribution in [3.8, 4) is 5.75 Å². The fraction of sp³-hybridized carbons (Fsp3) is 0.143. The van der Waals surface area contributed by atoms with Gasteiger partial charge in [-0.2, -0.15) is 0 Å². The van der Waals surface area contributed by atoms with E-state index in [1.165, 1.54) is 0 Å². The number of aromatic hydroxyl groups is 1. The van der Waals surface area contributed by atoms with Gasteiger partial charge in [-0.3, -0.25) is 4.79 Å². The molecule has 0 aliphatic rings. The van der Waals surface area contributed by atoms with Crippen LogP contribution in [0.1, 0.15) is 22.3 Å². The number of alkyl halides is 2. The highest BCUT2D eigenvalue weighted by Gasteiger charge is 2.24. The van der Waals surface area contributed by atoms with Crippen LogP contribution in [0.25, 0.3) is 0 Å². The summed E-state index contributed by atoms with van der Waals surface area (Å²) >= 11 is 0. The van der Waals surface area contributed by atoms with Gasteiger partial charge in [0.2, 0.25) is 0 Å². The van der Waals surface area contributed by atoms with E-state index in [1.54, 1.807) is 0 Å². The van der Waals surface area contributed by atoms with Crippen LogP contribution >= 0.6 is 0 Å². The van der Waals surface area contributed by atoms with Crippen LogP contribution in [0.4, 0.5) is 8.78 Å². The number of hydrogen-bond donors (Lipinski definition) is 3. The van der Waals surface area contributed by atoms with E-state index >= 15 is 0 Å². The van der Waals surface area contributed by atoms with E-state index < -0.39 is 34.8 Å². The van der Waals surface area contributed by atoms with Gasteiger partial charge in [0.05, 0.1) is 11.1 Å². The molecule has 0 radical (unpaired) electrons. The summed E-state index contributed by atoms with van der Waals surface area (Å²) < 4.78 is 24.5. The molecule has 0 unspecified atom stereocenters. The Kier molecular flexibility index (Phi) is 2.50. The monoisotopic (exact) mass is 205 g/mol. The maximum absolute atomic E-state index is 12.3. The van der Waals surface area contributed by atoms with Crippen molar-refractivity contribution in [2.75, 3.05) is 0 Å². The van der Waals surface area contributed by atoms with Crippen LogP contribution in [-0.2, 0) is 0 Å². The zero-order chi connectivity index (χ0) is 10.9. The molecule has 1 aromatic heterocycles. The van der Waals surface area contributed by atoms with Gasteiger partial charge in [0.25, 0.3) is 12.0 Å². The van der Waals surface area contributed by atoms with Crippen LogP contribution in [-0.4, -0.2) is 21.2 Å². The summed E-state index contributed by atoms with van der Waals surface area (Å²) in [6, 6.07) is 0. The van der Waals surface area contributed by atoms with Crippen molar-refractivity contribution in [3.05, 3.63) is 27.7 Å². The summed E-state index contributed by atoms with van der Waals surface area (Å²) in [7, 11) is 0. The summed E-state index contributed by atoms with van der Waals surface area (Å²) in [4.78, 5) is 22.9. The van der Waals surface area contributed by atoms with Crippen LogP contribution in [0.15, 0.2) is 11.0 Å². The average Bonchev–Trinajstić information content (AvgIpc) is 2.08. The first kappa shape index (κ1) is 10.2. The predicted molar refractivity (Wildman–Crippen MR) is 40.6 cm³/mol. The van der Waals surface area contributed by atoms with Gasteiger partial charge >= 0.3 is 5.97 Å². The van der Waals surface area contributed by atoms with Crippen molar-refractivity contribution in [1.29, 1.82) is 0 Å². The molecule has 14 heavy (non-hydrogen) atoms. The summed E-state index contributed by atoms with van der Waals surface area (Å²) in [6.45, 7) is 0. The number of pyridine rings is 1. The molecule has 0 amide bonds. The number of H-pyrrole nitrogens is 1. The molecule has 0 aromatic carbocycles. The molecule has 0 atom stereocenters. The number of carboxylic acids is 1. The minimum absolute atomic E-state index is 0.617. The van der Waals surface area contributed by atoms with Crippen LogP contribution < -0.4 is 5.56 Å². The van der Waals surface area contributed by atoms with Crippen molar-refractivity contribution in [3.63, 3.8) is 0 Å². The van der Waals surface area contributed by atoms with Gasteiger partial charge in [0, 0.05) is 6.20 Å². The SMILES string of the molecule is O=C(O)c1c[nH]c(=O)c(O)c1C(F)F. The highest BCUT2D eigenvalue weighted by molar-refractivity contribution is 5.89. The molecule has 0 saturated heterocycles. The average molecular weight is 205 g/mol. The van der Waals surface area contributed by atoms with E-state index in [2.05, 4.69) is 0 Å². The van der Waals surface area contributed by atoms with Crippen LogP contribution in [0.3, 0.4) is 0 Å². The standard InChI is InChI=1S/C7H5F2NO4/c8-5(9)3-2(7(13)14)1-10-6(12)4(3)11/h1,5,11H,(H,10,12)(H,13,14). The Balaban J connectivity index is 3.53. The molecule has 0 aliphatic carbocycles. The van der Waals surface area contributed by atoms with Crippen LogP contribution in [0.5, 0.6) is 5.75 Å². The number of rotatable bonds is 2. The lowest BCUT2D eigenvalue weighted by atomic mass is 10.1. The zero-order valence-corrected chi connectivity index (χ0v) is 6.62. The number of halogens is 2. The lowest BCUT2D eigenvalue weighted by Gasteiger charge is -2.05. The highest BCUT2D eigenvalue weighted by atomic mass is 19.3. The van der Waals surface area contributed by atoms with E-state index in [1.807, 2.05) is 4.98 Å². The minimum atomic E-state index is -3.22. The number of aromatic amines is 1. The van der Waals surface area contributed by atoms with Crippen molar-refractivity contribution < 1.29 is 23.8 Å². The Hall–Kier alpha value is -1.92. The van der Waals surface area contributed by atoms with Crippen LogP contribution in [0.2, 0.25) is 0 Å². The third-order valence-electron chi connectivity index (χ3n) is 1.56. The number of hydrogen-bond acceptors (Lipinski definition) is 3. The van der Waals surface area contributed by atoms with Gasteiger partial charge in [-0.25, -0.2) is 13.6 Å². The molecule has 1 aromatic rings. The smallest absolute Gasteiger partial charge is 0.337 e. The van der Waals surface area contributed by atoms with E-state index in [9.17, 15) is 18.4 Å². The van der Waals surface area contributed by atoms with Gasteiger partial charge in [0.15, 0.2) is 5.75 Å². The van der Waals surface area contributed by atoms with Crippen molar-refractivity contribution in [2.24, 2.45) is 0 Å². The van der Waals surface area contributed by atoms with E-state index in [0.29, 0.717) is 6.20 Å². The summed E-state index contributed by atoms with van der Waals surface area (Å²) in [6.07, 6.45) is -2.60. The molecule has 3 N–H and O–H groups in total. The van der Waals surface area contributed by atoms with Crippen LogP contribution in [0, 0.1) is 0 Å². The molecule has 0 fully saturated rings. The molecule has 76 valence electrons. The van der Waals surface area contributed by atoms with E-state index in [4.69, 9.17) is 10.2 Å². The third kappa shape index (κ3) is 1.56. The number of aromatic nitrogens is 1. The first-order chi connectivity index (χ1) is 6.45. The molecular formula is C7H5F2NO4. The topological polar surface area (TPSA) is 90.4 Å². The number of carbonyl (C=O) groups is 1. The van der Waals surface area contributed by atoms with Gasteiger partial charge in [-0.15, -0.1) is 0 Å². The predicted octanol–water partition coefficient (Wildman–Crippen LogP) is 0.716. The second-order valence-electron chi connectivity index (χ2n) is 2.40. The van der Waals surface area contributed by atoms with Gasteiger partial charge in [-0.1, -0.05) is 0 Å². The lowest BCUT2D eigenvalue weighted by molar-refractivity contribution is 0.0682. The lowest BCUT2D eigenvalue weighted by Crippen LogP contribution is -2.13. The van der Waals surface area contributed by atoms with Crippen molar-refractivity contribution in [1.82, 2.24) is 4.98 Å². The zero-order valence-electron chi connectivity index (χ0n) is 6.62. The Morgan fingerprint density at radius 1 is 1.50 bits per heavy atom. The molecule has 0 saturated carbocycles. The Bertz CT molecular complexity index is 426. The molecule has 1 heterocycles. The van der Waals surface area contributed by atoms with Gasteiger partial charge in [-0.05, 0) is 0 Å². The molecular weight excluding hydrogens is 200 g/mol. The molecule has 0 spiro atoms. The van der Waals surface area contributed by atoms with Crippen molar-refractivity contribution in [2.45, 2.75) is 6.43 Å². The van der Waals surface area contributed by atoms with E-state index in [-0.39, 0.29) is 0 Å². The second kappa shape index (κ2) is 3.44. The highest BCUT2D eigenvalue weighted by Crippen LogP contribution is 2.27. The maximum atomic E-state index is 12.3. The first-order valence-electron chi connectivity index (χ1n) is 3.41. The second-order valence-corrected chi connectivity index (χ2v) is 2.40. The molecule has 0 bridgehead atoms. The fourth-order valence-corrected chi connectivity index (χ4v) is 0.932. The number of carboxylic acid groups (broad SMARTS) is 1. The summed E-state index contributed by atoms with van der Waals surface area (Å²) in [5.41, 5.74) is -3.14. The Labute approximate surface area is 75.6 Å². The normalized spacial score (nSPS) is 10.5. The van der Waals surface area contributed by atoms with Crippen molar-refractivity contribution >= 4 is 5.97 Å².